The molecule has 0 aromatic heterocycles. The van der Waals surface area contributed by atoms with E-state index in [1.54, 1.807) is 0 Å². The number of hydrogen-bond acceptors (Lipinski definition) is 1. The summed E-state index contributed by atoms with van der Waals surface area (Å²) in [7, 11) is 0. The second-order valence-corrected chi connectivity index (χ2v) is 8.83. The van der Waals surface area contributed by atoms with Crippen molar-refractivity contribution < 1.29 is 5.11 Å². The average Bonchev–Trinajstić information content (AvgIpc) is 2.55. The molecule has 0 heterocycles. The molecule has 24 heavy (non-hydrogen) atoms. The van der Waals surface area contributed by atoms with E-state index in [4.69, 9.17) is 0 Å². The van der Waals surface area contributed by atoms with Crippen LogP contribution in [0.2, 0.25) is 0 Å². The zero-order valence-electron chi connectivity index (χ0n) is 16.5. The number of hydrogen-bond donors (Lipinski definition) is 1. The lowest BCUT2D eigenvalue weighted by atomic mass is 9.78. The highest BCUT2D eigenvalue weighted by Gasteiger charge is 2.25. The largest absolute Gasteiger partial charge is 0.507 e. The lowest BCUT2D eigenvalue weighted by Crippen LogP contribution is -2.14. The Balaban J connectivity index is 2.20. The van der Waals surface area contributed by atoms with Gasteiger partial charge in [-0.25, -0.2) is 0 Å². The molecular formula is C23H38O. The highest BCUT2D eigenvalue weighted by molar-refractivity contribution is 5.48. The van der Waals surface area contributed by atoms with E-state index in [0.29, 0.717) is 11.7 Å². The molecule has 2 rings (SSSR count). The van der Waals surface area contributed by atoms with Crippen LogP contribution in [0.25, 0.3) is 0 Å². The number of unbranched alkanes of at least 4 members (excludes halogenated alkanes) is 4. The first-order valence-electron chi connectivity index (χ1n) is 10.3. The molecule has 0 atom stereocenters. The number of benzene rings is 1. The van der Waals surface area contributed by atoms with E-state index in [1.807, 2.05) is 0 Å². The minimum atomic E-state index is 0.00568. The third-order valence-electron chi connectivity index (χ3n) is 5.62. The molecule has 1 fully saturated rings. The van der Waals surface area contributed by atoms with Crippen molar-refractivity contribution in [2.24, 2.45) is 0 Å². The van der Waals surface area contributed by atoms with Crippen molar-refractivity contribution in [2.45, 2.75) is 110 Å². The number of phenols is 1. The molecule has 1 N–H and O–H groups in total. The third kappa shape index (κ3) is 5.26. The first-order chi connectivity index (χ1) is 11.4. The number of aryl methyl sites for hydroxylation is 1. The fourth-order valence-corrected chi connectivity index (χ4v) is 4.09. The van der Waals surface area contributed by atoms with Crippen molar-refractivity contribution in [2.75, 3.05) is 0 Å². The quantitative estimate of drug-likeness (QED) is 0.522. The molecule has 0 aliphatic heterocycles. The monoisotopic (exact) mass is 330 g/mol. The first kappa shape index (κ1) is 19.3. The van der Waals surface area contributed by atoms with Crippen molar-refractivity contribution in [3.8, 4) is 5.75 Å². The van der Waals surface area contributed by atoms with E-state index in [9.17, 15) is 5.11 Å². The van der Waals surface area contributed by atoms with Crippen LogP contribution in [-0.2, 0) is 11.8 Å². The number of phenolic OH excluding ortho intramolecular Hbond substituents is 1. The Bertz CT molecular complexity index is 504. The average molecular weight is 331 g/mol. The molecule has 136 valence electrons. The minimum absolute atomic E-state index is 0.00568. The van der Waals surface area contributed by atoms with Crippen LogP contribution in [-0.4, -0.2) is 5.11 Å². The van der Waals surface area contributed by atoms with Crippen molar-refractivity contribution >= 4 is 0 Å². The molecule has 1 heteroatoms. The van der Waals surface area contributed by atoms with Crippen molar-refractivity contribution in [3.05, 3.63) is 28.8 Å². The van der Waals surface area contributed by atoms with Crippen LogP contribution >= 0.6 is 0 Å². The van der Waals surface area contributed by atoms with Crippen LogP contribution < -0.4 is 0 Å². The van der Waals surface area contributed by atoms with Gasteiger partial charge in [-0.05, 0) is 53.7 Å². The van der Waals surface area contributed by atoms with E-state index in [1.165, 1.54) is 75.3 Å². The van der Waals surface area contributed by atoms with Gasteiger partial charge < -0.3 is 5.11 Å². The van der Waals surface area contributed by atoms with E-state index < -0.39 is 0 Å². The van der Waals surface area contributed by atoms with Crippen LogP contribution in [0.3, 0.4) is 0 Å². The van der Waals surface area contributed by atoms with Crippen molar-refractivity contribution in [1.82, 2.24) is 0 Å². The zero-order chi connectivity index (χ0) is 17.6. The highest BCUT2D eigenvalue weighted by Crippen LogP contribution is 2.42. The molecule has 1 aromatic carbocycles. The molecule has 0 spiro atoms. The summed E-state index contributed by atoms with van der Waals surface area (Å²) in [5, 5.41) is 10.9. The van der Waals surface area contributed by atoms with Gasteiger partial charge in [-0.1, -0.05) is 84.8 Å². The maximum absolute atomic E-state index is 10.9. The fourth-order valence-electron chi connectivity index (χ4n) is 4.09. The van der Waals surface area contributed by atoms with Crippen LogP contribution in [0.1, 0.15) is 115 Å². The summed E-state index contributed by atoms with van der Waals surface area (Å²) in [5.41, 5.74) is 3.83. The van der Waals surface area contributed by atoms with Crippen molar-refractivity contribution in [3.63, 3.8) is 0 Å². The molecule has 1 aliphatic rings. The van der Waals surface area contributed by atoms with E-state index in [-0.39, 0.29) is 5.41 Å². The summed E-state index contributed by atoms with van der Waals surface area (Å²) in [6.45, 7) is 8.93. The summed E-state index contributed by atoms with van der Waals surface area (Å²) in [4.78, 5) is 0. The van der Waals surface area contributed by atoms with Gasteiger partial charge in [-0.3, -0.25) is 0 Å². The molecule has 0 bridgehead atoms. The molecule has 0 saturated heterocycles. The zero-order valence-corrected chi connectivity index (χ0v) is 16.5. The van der Waals surface area contributed by atoms with E-state index in [0.717, 1.165) is 12.0 Å². The molecule has 0 unspecified atom stereocenters. The van der Waals surface area contributed by atoms with Crippen LogP contribution in [0.5, 0.6) is 5.75 Å². The van der Waals surface area contributed by atoms with Crippen LogP contribution in [0.15, 0.2) is 12.1 Å². The summed E-state index contributed by atoms with van der Waals surface area (Å²) >= 11 is 0. The lowest BCUT2D eigenvalue weighted by Gasteiger charge is -2.28. The second-order valence-electron chi connectivity index (χ2n) is 8.83. The van der Waals surface area contributed by atoms with Gasteiger partial charge in [0.05, 0.1) is 0 Å². The normalized spacial score (nSPS) is 16.5. The van der Waals surface area contributed by atoms with Gasteiger partial charge in [0.2, 0.25) is 0 Å². The predicted octanol–water partition coefficient (Wildman–Crippen LogP) is 7.25. The van der Waals surface area contributed by atoms with Gasteiger partial charge in [0.1, 0.15) is 5.75 Å². The van der Waals surface area contributed by atoms with E-state index >= 15 is 0 Å². The SMILES string of the molecule is CCCCCCCc1cc(C2CCCCC2)c(O)c(C(C)(C)C)c1. The Labute approximate surface area is 149 Å². The molecule has 1 nitrogen and oxygen atoms in total. The van der Waals surface area contributed by atoms with Crippen LogP contribution in [0.4, 0.5) is 0 Å². The molecule has 1 saturated carbocycles. The predicted molar refractivity (Wildman–Crippen MR) is 105 cm³/mol. The standard InChI is InChI=1S/C23H38O/c1-5-6-7-8-10-13-18-16-20(19-14-11-9-12-15-19)22(24)21(17-18)23(2,3)4/h16-17,19,24H,5-15H2,1-4H3. The van der Waals surface area contributed by atoms with Gasteiger partial charge in [-0.15, -0.1) is 0 Å². The molecule has 1 aromatic rings. The summed E-state index contributed by atoms with van der Waals surface area (Å²) in [5.74, 6) is 1.16. The molecule has 0 amide bonds. The lowest BCUT2D eigenvalue weighted by molar-refractivity contribution is 0.402. The minimum Gasteiger partial charge on any atom is -0.507 e. The Morgan fingerprint density at radius 1 is 0.958 bits per heavy atom. The number of rotatable bonds is 7. The third-order valence-corrected chi connectivity index (χ3v) is 5.62. The highest BCUT2D eigenvalue weighted by atomic mass is 16.3. The Kier molecular flexibility index (Phi) is 7.19. The summed E-state index contributed by atoms with van der Waals surface area (Å²) in [6, 6.07) is 4.61. The Morgan fingerprint density at radius 3 is 2.25 bits per heavy atom. The van der Waals surface area contributed by atoms with Crippen LogP contribution in [0, 0.1) is 0 Å². The molecular weight excluding hydrogens is 292 g/mol. The van der Waals surface area contributed by atoms with E-state index in [2.05, 4.69) is 39.8 Å². The molecule has 0 radical (unpaired) electrons. The molecule has 1 aliphatic carbocycles. The summed E-state index contributed by atoms with van der Waals surface area (Å²) in [6.07, 6.45) is 14.3. The fraction of sp³-hybridized carbons (Fsp3) is 0.739. The smallest absolute Gasteiger partial charge is 0.122 e. The van der Waals surface area contributed by atoms with Gasteiger partial charge in [0, 0.05) is 0 Å². The Morgan fingerprint density at radius 2 is 1.62 bits per heavy atom. The van der Waals surface area contributed by atoms with Crippen molar-refractivity contribution in [1.29, 1.82) is 0 Å². The van der Waals surface area contributed by atoms with Gasteiger partial charge >= 0.3 is 0 Å². The number of aromatic hydroxyl groups is 1. The first-order valence-corrected chi connectivity index (χ1v) is 10.3. The summed E-state index contributed by atoms with van der Waals surface area (Å²) < 4.78 is 0. The van der Waals surface area contributed by atoms with Gasteiger partial charge in [0.25, 0.3) is 0 Å². The Hall–Kier alpha value is -0.980. The van der Waals surface area contributed by atoms with Gasteiger partial charge in [-0.2, -0.15) is 0 Å². The second kappa shape index (κ2) is 8.92. The maximum atomic E-state index is 10.9. The maximum Gasteiger partial charge on any atom is 0.122 e. The topological polar surface area (TPSA) is 20.2 Å². The van der Waals surface area contributed by atoms with Gasteiger partial charge in [0.15, 0.2) is 0 Å².